The van der Waals surface area contributed by atoms with E-state index in [9.17, 15) is 14.7 Å². The van der Waals surface area contributed by atoms with Crippen molar-refractivity contribution in [2.45, 2.75) is 50.6 Å². The fraction of sp³-hybridized carbons (Fsp3) is 0.857. The molecule has 1 aliphatic carbocycles. The monoisotopic (exact) mass is 284 g/mol. The zero-order valence-electron chi connectivity index (χ0n) is 12.2. The molecule has 1 unspecified atom stereocenters. The second-order valence-corrected chi connectivity index (χ2v) is 6.13. The highest BCUT2D eigenvalue weighted by Gasteiger charge is 2.43. The molecular formula is C14H24N2O4. The second kappa shape index (κ2) is 5.99. The summed E-state index contributed by atoms with van der Waals surface area (Å²) in [6.45, 7) is 3.31. The average molecular weight is 284 g/mol. The second-order valence-electron chi connectivity index (χ2n) is 6.13. The summed E-state index contributed by atoms with van der Waals surface area (Å²) >= 11 is 0. The van der Waals surface area contributed by atoms with Crippen LogP contribution in [0, 0.1) is 5.92 Å². The summed E-state index contributed by atoms with van der Waals surface area (Å²) in [5.74, 6) is -0.394. The molecule has 2 N–H and O–H groups in total. The van der Waals surface area contributed by atoms with E-state index < -0.39 is 11.5 Å². The van der Waals surface area contributed by atoms with Gasteiger partial charge in [0.1, 0.15) is 5.54 Å². The summed E-state index contributed by atoms with van der Waals surface area (Å²) in [5.41, 5.74) is -1.10. The third-order valence-corrected chi connectivity index (χ3v) is 4.66. The predicted octanol–water partition coefficient (Wildman–Crippen LogP) is 1.45. The Hall–Kier alpha value is -1.30. The van der Waals surface area contributed by atoms with Crippen molar-refractivity contribution in [3.63, 3.8) is 0 Å². The number of rotatable bonds is 3. The van der Waals surface area contributed by atoms with E-state index in [1.165, 1.54) is 0 Å². The van der Waals surface area contributed by atoms with Gasteiger partial charge in [-0.15, -0.1) is 0 Å². The first-order valence-corrected chi connectivity index (χ1v) is 7.31. The van der Waals surface area contributed by atoms with Crippen LogP contribution in [0.4, 0.5) is 4.79 Å². The number of carboxylic acids is 1. The van der Waals surface area contributed by atoms with Crippen LogP contribution < -0.4 is 5.32 Å². The zero-order valence-corrected chi connectivity index (χ0v) is 12.2. The maximum absolute atomic E-state index is 12.3. The summed E-state index contributed by atoms with van der Waals surface area (Å²) in [5, 5.41) is 12.3. The molecule has 1 heterocycles. The normalized spacial score (nSPS) is 33.7. The van der Waals surface area contributed by atoms with Gasteiger partial charge in [0, 0.05) is 13.7 Å². The van der Waals surface area contributed by atoms with Crippen LogP contribution in [0.2, 0.25) is 0 Å². The van der Waals surface area contributed by atoms with Gasteiger partial charge in [0.15, 0.2) is 0 Å². The summed E-state index contributed by atoms with van der Waals surface area (Å²) in [6.07, 6.45) is 3.49. The number of amides is 2. The Balaban J connectivity index is 2.00. The molecule has 2 aliphatic rings. The highest BCUT2D eigenvalue weighted by molar-refractivity contribution is 5.86. The fourth-order valence-corrected chi connectivity index (χ4v) is 2.93. The van der Waals surface area contributed by atoms with E-state index in [0.717, 1.165) is 19.3 Å². The minimum absolute atomic E-state index is 0.0448. The number of hydrogen-bond donors (Lipinski definition) is 2. The molecule has 2 rings (SSSR count). The van der Waals surface area contributed by atoms with Crippen molar-refractivity contribution in [2.75, 3.05) is 20.3 Å². The van der Waals surface area contributed by atoms with Crippen molar-refractivity contribution < 1.29 is 19.4 Å². The molecule has 1 aliphatic heterocycles. The first kappa shape index (κ1) is 15.1. The van der Waals surface area contributed by atoms with Gasteiger partial charge in [-0.25, -0.2) is 9.59 Å². The highest BCUT2D eigenvalue weighted by atomic mass is 16.5. The molecule has 1 saturated carbocycles. The molecule has 0 aromatic rings. The molecule has 1 saturated heterocycles. The van der Waals surface area contributed by atoms with Crippen LogP contribution in [-0.2, 0) is 9.53 Å². The standard InChI is InChI=1S/C14H24N2O4/c1-10-3-6-14(7-4-10,12(17)18)15-13(19)16(2)11-5-8-20-9-11/h10-11H,3-9H2,1-2H3,(H,15,19)(H,17,18). The van der Waals surface area contributed by atoms with Gasteiger partial charge in [0.05, 0.1) is 12.6 Å². The van der Waals surface area contributed by atoms with Crippen LogP contribution in [0.1, 0.15) is 39.0 Å². The fourth-order valence-electron chi connectivity index (χ4n) is 2.93. The van der Waals surface area contributed by atoms with Gasteiger partial charge in [-0.05, 0) is 38.0 Å². The Morgan fingerprint density at radius 3 is 2.45 bits per heavy atom. The largest absolute Gasteiger partial charge is 0.480 e. The summed E-state index contributed by atoms with van der Waals surface area (Å²) in [4.78, 5) is 25.5. The van der Waals surface area contributed by atoms with Gasteiger partial charge in [-0.1, -0.05) is 6.92 Å². The number of carbonyl (C=O) groups is 2. The number of carboxylic acid groups (broad SMARTS) is 1. The summed E-state index contributed by atoms with van der Waals surface area (Å²) in [7, 11) is 1.70. The first-order chi connectivity index (χ1) is 9.44. The van der Waals surface area contributed by atoms with E-state index in [2.05, 4.69) is 12.2 Å². The lowest BCUT2D eigenvalue weighted by atomic mass is 9.77. The Kier molecular flexibility index (Phi) is 4.52. The molecule has 114 valence electrons. The molecule has 2 amide bonds. The molecule has 6 nitrogen and oxygen atoms in total. The number of nitrogens with one attached hydrogen (secondary N) is 1. The van der Waals surface area contributed by atoms with Crippen LogP contribution in [0.5, 0.6) is 0 Å². The molecule has 20 heavy (non-hydrogen) atoms. The van der Waals surface area contributed by atoms with Gasteiger partial charge in [0.25, 0.3) is 0 Å². The molecule has 1 atom stereocenters. The third-order valence-electron chi connectivity index (χ3n) is 4.66. The molecule has 0 bridgehead atoms. The number of aliphatic carboxylic acids is 1. The number of hydrogen-bond acceptors (Lipinski definition) is 3. The minimum Gasteiger partial charge on any atom is -0.480 e. The summed E-state index contributed by atoms with van der Waals surface area (Å²) < 4.78 is 5.27. The number of likely N-dealkylation sites (N-methyl/N-ethyl adjacent to an activating group) is 1. The Morgan fingerprint density at radius 2 is 1.95 bits per heavy atom. The molecule has 0 aromatic heterocycles. The van der Waals surface area contributed by atoms with Crippen molar-refractivity contribution in [2.24, 2.45) is 5.92 Å². The van der Waals surface area contributed by atoms with E-state index >= 15 is 0 Å². The van der Waals surface area contributed by atoms with Crippen LogP contribution in [0.25, 0.3) is 0 Å². The van der Waals surface area contributed by atoms with E-state index in [0.29, 0.717) is 32.0 Å². The third kappa shape index (κ3) is 3.06. The topological polar surface area (TPSA) is 78.9 Å². The lowest BCUT2D eigenvalue weighted by molar-refractivity contribution is -0.146. The maximum atomic E-state index is 12.3. The van der Waals surface area contributed by atoms with E-state index in [1.54, 1.807) is 11.9 Å². The molecule has 0 aromatic carbocycles. The predicted molar refractivity (Wildman–Crippen MR) is 73.5 cm³/mol. The number of nitrogens with zero attached hydrogens (tertiary/aromatic N) is 1. The summed E-state index contributed by atoms with van der Waals surface area (Å²) in [6, 6.07) is -0.263. The lowest BCUT2D eigenvalue weighted by Crippen LogP contribution is -2.59. The van der Waals surface area contributed by atoms with Crippen molar-refractivity contribution in [3.8, 4) is 0 Å². The molecule has 6 heteroatoms. The van der Waals surface area contributed by atoms with Crippen molar-refractivity contribution >= 4 is 12.0 Å². The van der Waals surface area contributed by atoms with Crippen LogP contribution >= 0.6 is 0 Å². The number of ether oxygens (including phenoxy) is 1. The van der Waals surface area contributed by atoms with Gasteiger partial charge in [0.2, 0.25) is 0 Å². The molecule has 0 spiro atoms. The quantitative estimate of drug-likeness (QED) is 0.822. The Labute approximate surface area is 119 Å². The average Bonchev–Trinajstić information content (AvgIpc) is 2.94. The van der Waals surface area contributed by atoms with E-state index in [1.807, 2.05) is 0 Å². The molecule has 2 fully saturated rings. The van der Waals surface area contributed by atoms with Crippen LogP contribution in [-0.4, -0.2) is 53.8 Å². The van der Waals surface area contributed by atoms with Gasteiger partial charge in [-0.3, -0.25) is 0 Å². The van der Waals surface area contributed by atoms with Crippen molar-refractivity contribution in [3.05, 3.63) is 0 Å². The van der Waals surface area contributed by atoms with Crippen LogP contribution in [0.3, 0.4) is 0 Å². The minimum atomic E-state index is -1.10. The Bertz CT molecular complexity index is 371. The number of carbonyl (C=O) groups excluding carboxylic acids is 1. The SMILES string of the molecule is CC1CCC(NC(=O)N(C)C2CCOC2)(C(=O)O)CC1. The van der Waals surface area contributed by atoms with Crippen molar-refractivity contribution in [1.82, 2.24) is 10.2 Å². The van der Waals surface area contributed by atoms with E-state index in [4.69, 9.17) is 4.74 Å². The maximum Gasteiger partial charge on any atom is 0.329 e. The first-order valence-electron chi connectivity index (χ1n) is 7.31. The zero-order chi connectivity index (χ0) is 14.8. The van der Waals surface area contributed by atoms with Crippen LogP contribution in [0.15, 0.2) is 0 Å². The smallest absolute Gasteiger partial charge is 0.329 e. The lowest BCUT2D eigenvalue weighted by Gasteiger charge is -2.38. The highest BCUT2D eigenvalue weighted by Crippen LogP contribution is 2.32. The Morgan fingerprint density at radius 1 is 1.30 bits per heavy atom. The van der Waals surface area contributed by atoms with Gasteiger partial charge in [-0.2, -0.15) is 0 Å². The molecule has 0 radical (unpaired) electrons. The van der Waals surface area contributed by atoms with Gasteiger partial charge < -0.3 is 20.1 Å². The van der Waals surface area contributed by atoms with E-state index in [-0.39, 0.29) is 12.1 Å². The van der Waals surface area contributed by atoms with Crippen molar-refractivity contribution in [1.29, 1.82) is 0 Å². The van der Waals surface area contributed by atoms with Gasteiger partial charge >= 0.3 is 12.0 Å². The molecular weight excluding hydrogens is 260 g/mol. The number of urea groups is 1.